The van der Waals surface area contributed by atoms with Crippen molar-refractivity contribution in [1.29, 1.82) is 0 Å². The number of rotatable bonds is 4. The van der Waals surface area contributed by atoms with E-state index in [9.17, 15) is 9.59 Å². The monoisotopic (exact) mass is 342 g/mol. The van der Waals surface area contributed by atoms with Gasteiger partial charge in [0.05, 0.1) is 16.7 Å². The van der Waals surface area contributed by atoms with Gasteiger partial charge in [-0.15, -0.1) is 11.3 Å². The molecule has 6 heteroatoms. The number of para-hydroxylation sites is 1. The smallest absolute Gasteiger partial charge is 0.349 e. The number of carbonyl (C=O) groups excluding carboxylic acids is 1. The summed E-state index contributed by atoms with van der Waals surface area (Å²) in [5, 5.41) is 6.49. The minimum atomic E-state index is -0.639. The Hall–Kier alpha value is -2.47. The maximum Gasteiger partial charge on any atom is 0.349 e. The second-order valence-electron chi connectivity index (χ2n) is 5.95. The third kappa shape index (κ3) is 3.23. The Bertz CT molecular complexity index is 943. The average molecular weight is 342 g/mol. The summed E-state index contributed by atoms with van der Waals surface area (Å²) in [4.78, 5) is 29.0. The van der Waals surface area contributed by atoms with E-state index in [1.807, 2.05) is 18.4 Å². The normalized spacial score (nSPS) is 12.5. The lowest BCUT2D eigenvalue weighted by Crippen LogP contribution is -2.30. The Morgan fingerprint density at radius 2 is 2.00 bits per heavy atom. The topological polar surface area (TPSA) is 72.2 Å². The molecule has 2 aromatic heterocycles. The van der Waals surface area contributed by atoms with Crippen LogP contribution < -0.4 is 10.9 Å². The van der Waals surface area contributed by atoms with Gasteiger partial charge in [-0.3, -0.25) is 4.79 Å². The Kier molecular flexibility index (Phi) is 4.49. The van der Waals surface area contributed by atoms with E-state index in [2.05, 4.69) is 24.1 Å². The molecule has 0 aliphatic carbocycles. The van der Waals surface area contributed by atoms with Gasteiger partial charge in [0.1, 0.15) is 11.1 Å². The van der Waals surface area contributed by atoms with Crippen molar-refractivity contribution in [3.8, 4) is 0 Å². The van der Waals surface area contributed by atoms with Gasteiger partial charge in [-0.05, 0) is 19.1 Å². The number of benzene rings is 1. The van der Waals surface area contributed by atoms with Crippen molar-refractivity contribution in [3.05, 3.63) is 62.4 Å². The highest BCUT2D eigenvalue weighted by atomic mass is 32.1. The van der Waals surface area contributed by atoms with Crippen LogP contribution in [0.3, 0.4) is 0 Å². The molecular weight excluding hydrogens is 324 g/mol. The molecule has 24 heavy (non-hydrogen) atoms. The fourth-order valence-electron chi connectivity index (χ4n) is 2.33. The molecule has 0 aliphatic heterocycles. The van der Waals surface area contributed by atoms with Crippen LogP contribution in [-0.4, -0.2) is 10.9 Å². The van der Waals surface area contributed by atoms with Crippen molar-refractivity contribution < 1.29 is 9.21 Å². The predicted octanol–water partition coefficient (Wildman–Crippen LogP) is 3.86. The molecule has 0 radical (unpaired) electrons. The Balaban J connectivity index is 1.83. The minimum absolute atomic E-state index is 0.000127. The first kappa shape index (κ1) is 16.4. The summed E-state index contributed by atoms with van der Waals surface area (Å²) in [6.07, 6.45) is 0. The summed E-state index contributed by atoms with van der Waals surface area (Å²) in [6.45, 7) is 6.00. The molecular formula is C18H18N2O3S. The van der Waals surface area contributed by atoms with E-state index in [0.29, 0.717) is 16.9 Å². The third-order valence-corrected chi connectivity index (χ3v) is 4.87. The van der Waals surface area contributed by atoms with Crippen LogP contribution in [0.25, 0.3) is 11.0 Å². The van der Waals surface area contributed by atoms with Gasteiger partial charge in [0.25, 0.3) is 5.91 Å². The number of hydrogen-bond donors (Lipinski definition) is 1. The number of aromatic nitrogens is 1. The van der Waals surface area contributed by atoms with Gasteiger partial charge in [0.15, 0.2) is 0 Å². The Labute approximate surface area is 143 Å². The SMILES string of the molecule is CC(C)c1nc(C(C)NC(=O)c2cc3ccccc3oc2=O)cs1. The lowest BCUT2D eigenvalue weighted by molar-refractivity contribution is 0.0935. The zero-order valence-electron chi connectivity index (χ0n) is 13.7. The highest BCUT2D eigenvalue weighted by molar-refractivity contribution is 7.09. The van der Waals surface area contributed by atoms with Crippen LogP contribution in [-0.2, 0) is 0 Å². The maximum absolute atomic E-state index is 12.4. The van der Waals surface area contributed by atoms with Crippen LogP contribution in [0.4, 0.5) is 0 Å². The molecule has 1 atom stereocenters. The summed E-state index contributed by atoms with van der Waals surface area (Å²) in [7, 11) is 0. The number of amides is 1. The first-order valence-corrected chi connectivity index (χ1v) is 8.62. The van der Waals surface area contributed by atoms with E-state index in [4.69, 9.17) is 4.42 Å². The molecule has 0 saturated carbocycles. The van der Waals surface area contributed by atoms with E-state index in [1.165, 1.54) is 0 Å². The summed E-state index contributed by atoms with van der Waals surface area (Å²) < 4.78 is 5.21. The molecule has 1 amide bonds. The summed E-state index contributed by atoms with van der Waals surface area (Å²) in [5.41, 5.74) is 0.620. The van der Waals surface area contributed by atoms with Crippen molar-refractivity contribution >= 4 is 28.2 Å². The summed E-state index contributed by atoms with van der Waals surface area (Å²) >= 11 is 1.57. The molecule has 0 aliphatic rings. The molecule has 0 fully saturated rings. The third-order valence-electron chi connectivity index (χ3n) is 3.71. The van der Waals surface area contributed by atoms with Gasteiger partial charge in [-0.2, -0.15) is 0 Å². The first-order chi connectivity index (χ1) is 11.5. The maximum atomic E-state index is 12.4. The second kappa shape index (κ2) is 6.57. The standard InChI is InChI=1S/C18H18N2O3S/c1-10(2)17-20-14(9-24-17)11(3)19-16(21)13-8-12-6-4-5-7-15(12)23-18(13)22/h4-11H,1-3H3,(H,19,21). The highest BCUT2D eigenvalue weighted by Crippen LogP contribution is 2.23. The number of thiazole rings is 1. The van der Waals surface area contributed by atoms with Gasteiger partial charge in [-0.25, -0.2) is 9.78 Å². The molecule has 1 unspecified atom stereocenters. The number of fused-ring (bicyclic) bond motifs is 1. The van der Waals surface area contributed by atoms with Crippen molar-refractivity contribution in [2.24, 2.45) is 0 Å². The number of nitrogens with zero attached hydrogens (tertiary/aromatic N) is 1. The molecule has 2 heterocycles. The van der Waals surface area contributed by atoms with Gasteiger partial charge in [0, 0.05) is 16.7 Å². The Morgan fingerprint density at radius 1 is 1.25 bits per heavy atom. The van der Waals surface area contributed by atoms with Gasteiger partial charge < -0.3 is 9.73 Å². The first-order valence-electron chi connectivity index (χ1n) is 7.74. The van der Waals surface area contributed by atoms with E-state index >= 15 is 0 Å². The van der Waals surface area contributed by atoms with E-state index in [1.54, 1.807) is 35.6 Å². The van der Waals surface area contributed by atoms with Crippen molar-refractivity contribution in [1.82, 2.24) is 10.3 Å². The fraction of sp³-hybridized carbons (Fsp3) is 0.278. The van der Waals surface area contributed by atoms with Crippen molar-refractivity contribution in [3.63, 3.8) is 0 Å². The van der Waals surface area contributed by atoms with Crippen molar-refractivity contribution in [2.75, 3.05) is 0 Å². The number of carbonyl (C=O) groups is 1. The highest BCUT2D eigenvalue weighted by Gasteiger charge is 2.18. The minimum Gasteiger partial charge on any atom is -0.422 e. The molecule has 124 valence electrons. The van der Waals surface area contributed by atoms with E-state index < -0.39 is 11.5 Å². The number of hydrogen-bond acceptors (Lipinski definition) is 5. The summed E-state index contributed by atoms with van der Waals surface area (Å²) in [5.74, 6) is -0.111. The zero-order chi connectivity index (χ0) is 17.3. The largest absolute Gasteiger partial charge is 0.422 e. The molecule has 1 aromatic carbocycles. The molecule has 0 saturated heterocycles. The zero-order valence-corrected chi connectivity index (χ0v) is 14.5. The van der Waals surface area contributed by atoms with Gasteiger partial charge in [0.2, 0.25) is 0 Å². The molecule has 5 nitrogen and oxygen atoms in total. The predicted molar refractivity (Wildman–Crippen MR) is 94.6 cm³/mol. The lowest BCUT2D eigenvalue weighted by atomic mass is 10.1. The molecule has 3 aromatic rings. The lowest BCUT2D eigenvalue weighted by Gasteiger charge is -2.11. The van der Waals surface area contributed by atoms with Crippen LogP contribution in [0.1, 0.15) is 53.8 Å². The molecule has 3 rings (SSSR count). The Morgan fingerprint density at radius 3 is 2.71 bits per heavy atom. The fourth-order valence-corrected chi connectivity index (χ4v) is 3.26. The quantitative estimate of drug-likeness (QED) is 0.731. The van der Waals surface area contributed by atoms with Crippen LogP contribution in [0.15, 0.2) is 44.9 Å². The molecule has 1 N–H and O–H groups in total. The van der Waals surface area contributed by atoms with Crippen LogP contribution in [0, 0.1) is 0 Å². The van der Waals surface area contributed by atoms with Gasteiger partial charge in [-0.1, -0.05) is 32.0 Å². The summed E-state index contributed by atoms with van der Waals surface area (Å²) in [6, 6.07) is 8.38. The molecule has 0 spiro atoms. The average Bonchev–Trinajstić information content (AvgIpc) is 3.04. The van der Waals surface area contributed by atoms with Crippen LogP contribution >= 0.6 is 11.3 Å². The number of nitrogens with one attached hydrogen (secondary N) is 1. The van der Waals surface area contributed by atoms with E-state index in [-0.39, 0.29) is 11.6 Å². The van der Waals surface area contributed by atoms with Gasteiger partial charge >= 0.3 is 5.63 Å². The van der Waals surface area contributed by atoms with Crippen LogP contribution in [0.2, 0.25) is 0 Å². The van der Waals surface area contributed by atoms with Crippen molar-refractivity contribution in [2.45, 2.75) is 32.7 Å². The van der Waals surface area contributed by atoms with Crippen LogP contribution in [0.5, 0.6) is 0 Å². The molecule has 0 bridgehead atoms. The van der Waals surface area contributed by atoms with E-state index in [0.717, 1.165) is 10.7 Å². The second-order valence-corrected chi connectivity index (χ2v) is 6.84.